The van der Waals surface area contributed by atoms with Crippen LogP contribution in [-0.4, -0.2) is 128 Å². The highest BCUT2D eigenvalue weighted by atomic mass is 16.8. The first-order valence-corrected chi connectivity index (χ1v) is 20.8. The van der Waals surface area contributed by atoms with Crippen molar-refractivity contribution in [2.24, 2.45) is 50.2 Å². The molecule has 0 bridgehead atoms. The van der Waals surface area contributed by atoms with Crippen molar-refractivity contribution >= 4 is 5.97 Å². The second-order valence-corrected chi connectivity index (χ2v) is 20.7. The Labute approximate surface area is 325 Å². The molecule has 0 amide bonds. The zero-order valence-electron chi connectivity index (χ0n) is 33.8. The third-order valence-electron chi connectivity index (χ3n) is 17.3. The molecule has 7 aliphatic rings. The normalized spacial score (nSPS) is 53.2. The minimum absolute atomic E-state index is 0.0240. The van der Waals surface area contributed by atoms with Crippen molar-refractivity contribution in [1.29, 1.82) is 0 Å². The van der Waals surface area contributed by atoms with E-state index in [0.29, 0.717) is 18.8 Å². The van der Waals surface area contributed by atoms with Crippen LogP contribution >= 0.6 is 0 Å². The lowest BCUT2D eigenvalue weighted by Gasteiger charge is -2.71. The maximum Gasteiger partial charge on any atom is 0.310 e. The van der Waals surface area contributed by atoms with Gasteiger partial charge in [-0.05, 0) is 109 Å². The minimum atomic E-state index is -1.75. The molecular formula is C42H68O13. The summed E-state index contributed by atoms with van der Waals surface area (Å²) >= 11 is 0. The number of rotatable bonds is 7. The highest BCUT2D eigenvalue weighted by molar-refractivity contribution is 5.76. The number of fused-ring (bicyclic) bond motifs is 7. The molecule has 13 nitrogen and oxygen atoms in total. The summed E-state index contributed by atoms with van der Waals surface area (Å²) in [5.41, 5.74) is 0.210. The molecule has 0 spiro atoms. The quantitative estimate of drug-likeness (QED) is 0.138. The fourth-order valence-corrected chi connectivity index (χ4v) is 13.7. The zero-order valence-corrected chi connectivity index (χ0v) is 33.8. The number of carboxylic acid groups (broad SMARTS) is 1. The molecular weight excluding hydrogens is 712 g/mol. The summed E-state index contributed by atoms with van der Waals surface area (Å²) in [6.45, 7) is 15.1. The van der Waals surface area contributed by atoms with Crippen LogP contribution in [0, 0.1) is 50.2 Å². The highest BCUT2D eigenvalue weighted by Gasteiger charge is 2.69. The topological polar surface area (TPSA) is 216 Å². The Balaban J connectivity index is 1.15. The van der Waals surface area contributed by atoms with Crippen LogP contribution in [0.25, 0.3) is 0 Å². The number of hydrogen-bond acceptors (Lipinski definition) is 12. The Bertz CT molecular complexity index is 1480. The molecule has 0 aromatic rings. The van der Waals surface area contributed by atoms with Gasteiger partial charge in [-0.25, -0.2) is 0 Å². The van der Waals surface area contributed by atoms with Crippen LogP contribution in [0.15, 0.2) is 11.6 Å². The van der Waals surface area contributed by atoms with E-state index in [4.69, 9.17) is 18.9 Å². The highest BCUT2D eigenvalue weighted by Crippen LogP contribution is 2.76. The number of ether oxygens (including phenoxy) is 4. The number of aliphatic hydroxyl groups is 7. The molecule has 7 rings (SSSR count). The van der Waals surface area contributed by atoms with Gasteiger partial charge < -0.3 is 59.8 Å². The molecule has 0 aromatic heterocycles. The number of carboxylic acids is 1. The van der Waals surface area contributed by atoms with Crippen LogP contribution in [0.3, 0.4) is 0 Å². The van der Waals surface area contributed by atoms with Gasteiger partial charge in [0.25, 0.3) is 0 Å². The van der Waals surface area contributed by atoms with Crippen molar-refractivity contribution in [2.45, 2.75) is 180 Å². The predicted molar refractivity (Wildman–Crippen MR) is 198 cm³/mol. The van der Waals surface area contributed by atoms with Crippen molar-refractivity contribution in [3.63, 3.8) is 0 Å². The van der Waals surface area contributed by atoms with Crippen LogP contribution in [0.2, 0.25) is 0 Å². The second-order valence-electron chi connectivity index (χ2n) is 20.7. The number of carbonyl (C=O) groups is 1. The smallest absolute Gasteiger partial charge is 0.310 e. The van der Waals surface area contributed by atoms with E-state index in [1.807, 2.05) is 0 Å². The van der Waals surface area contributed by atoms with E-state index in [0.717, 1.165) is 51.4 Å². The molecule has 18 atom stereocenters. The van der Waals surface area contributed by atoms with Crippen molar-refractivity contribution in [2.75, 3.05) is 13.2 Å². The van der Waals surface area contributed by atoms with E-state index in [1.165, 1.54) is 5.57 Å². The van der Waals surface area contributed by atoms with Crippen LogP contribution in [-0.2, 0) is 23.7 Å². The van der Waals surface area contributed by atoms with Gasteiger partial charge in [0.2, 0.25) is 0 Å². The fraction of sp³-hybridized carbons (Fsp3) is 0.929. The molecule has 5 aliphatic carbocycles. The lowest BCUT2D eigenvalue weighted by Crippen LogP contribution is -2.67. The van der Waals surface area contributed by atoms with E-state index < -0.39 is 91.4 Å². The third kappa shape index (κ3) is 6.23. The monoisotopic (exact) mass is 780 g/mol. The summed E-state index contributed by atoms with van der Waals surface area (Å²) in [6, 6.07) is 0. The lowest BCUT2D eigenvalue weighted by molar-refractivity contribution is -0.378. The molecule has 55 heavy (non-hydrogen) atoms. The Hall–Kier alpha value is -1.23. The van der Waals surface area contributed by atoms with E-state index in [1.54, 1.807) is 0 Å². The molecule has 0 aromatic carbocycles. The van der Waals surface area contributed by atoms with E-state index >= 15 is 0 Å². The summed E-state index contributed by atoms with van der Waals surface area (Å²) in [4.78, 5) is 13.1. The molecule has 4 saturated carbocycles. The Morgan fingerprint density at radius 2 is 1.35 bits per heavy atom. The Morgan fingerprint density at radius 1 is 0.727 bits per heavy atom. The molecule has 2 saturated heterocycles. The van der Waals surface area contributed by atoms with Gasteiger partial charge in [0.1, 0.15) is 48.8 Å². The fourth-order valence-electron chi connectivity index (χ4n) is 13.7. The molecule has 8 N–H and O–H groups in total. The van der Waals surface area contributed by atoms with Gasteiger partial charge in [-0.3, -0.25) is 4.79 Å². The van der Waals surface area contributed by atoms with Crippen molar-refractivity contribution in [3.8, 4) is 0 Å². The SMILES string of the molecule is CC1(C)CC[C@]2(C(=O)O)CC[C@]3(C)C(=CC[C@@H]4[C@@]5(C)CC[C@H](OC6O[C@H](CO)[C@@H](O)[C@H](O)[C@H]6O[C@@H]6O[C@H](CO)[C@@H](O)[C@H](O)[C@H]6O)C(C)(C)[C@@H]5CC[C@]43C)[C@@H]2C1. The van der Waals surface area contributed by atoms with E-state index in [9.17, 15) is 45.6 Å². The first-order chi connectivity index (χ1) is 25.6. The van der Waals surface area contributed by atoms with Crippen molar-refractivity contribution in [1.82, 2.24) is 0 Å². The van der Waals surface area contributed by atoms with Gasteiger partial charge in [-0.1, -0.05) is 60.1 Å². The summed E-state index contributed by atoms with van der Waals surface area (Å²) in [6.07, 6.45) is -4.41. The standard InChI is InChI=1S/C42H68O13/c1-37(2)14-16-42(36(50)51)17-15-40(6)21(22(42)18-37)8-9-26-39(5)12-11-27(38(3,4)25(39)10-13-41(26,40)7)54-35-33(31(48)29(46)24(20-44)53-35)55-34-32(49)30(47)28(45)23(19-43)52-34/h8,22-35,43-49H,9-20H2,1-7H3,(H,50,51)/t22-,23+,24+,25-,26+,27-,28+,29+,30-,31-,32+,33+,34-,35?,39-,40+,41+,42-/m0/s1. The minimum Gasteiger partial charge on any atom is -0.481 e. The summed E-state index contributed by atoms with van der Waals surface area (Å²) in [7, 11) is 0. The van der Waals surface area contributed by atoms with Gasteiger partial charge in [-0.2, -0.15) is 0 Å². The molecule has 6 fully saturated rings. The van der Waals surface area contributed by atoms with Crippen LogP contribution in [0.4, 0.5) is 0 Å². The Kier molecular flexibility index (Phi) is 10.8. The van der Waals surface area contributed by atoms with Crippen LogP contribution in [0.1, 0.15) is 113 Å². The predicted octanol–water partition coefficient (Wildman–Crippen LogP) is 2.88. The molecule has 1 unspecified atom stereocenters. The molecule has 2 aliphatic heterocycles. The lowest BCUT2D eigenvalue weighted by atomic mass is 9.33. The zero-order chi connectivity index (χ0) is 40.3. The molecule has 0 radical (unpaired) electrons. The van der Waals surface area contributed by atoms with E-state index in [-0.39, 0.29) is 39.6 Å². The maximum absolute atomic E-state index is 13.1. The average molecular weight is 781 g/mol. The first-order valence-electron chi connectivity index (χ1n) is 20.8. The second kappa shape index (κ2) is 14.2. The van der Waals surface area contributed by atoms with Gasteiger partial charge in [0.05, 0.1) is 24.7 Å². The van der Waals surface area contributed by atoms with Gasteiger partial charge in [-0.15, -0.1) is 0 Å². The molecule has 314 valence electrons. The summed E-state index contributed by atoms with van der Waals surface area (Å²) < 4.78 is 24.4. The van der Waals surface area contributed by atoms with Gasteiger partial charge in [0, 0.05) is 0 Å². The Morgan fingerprint density at radius 3 is 1.98 bits per heavy atom. The van der Waals surface area contributed by atoms with Crippen LogP contribution < -0.4 is 0 Å². The molecule has 13 heteroatoms. The summed E-state index contributed by atoms with van der Waals surface area (Å²) in [5.74, 6) is 0.0181. The number of aliphatic hydroxyl groups excluding tert-OH is 7. The number of aliphatic carboxylic acids is 1. The first kappa shape index (κ1) is 41.9. The van der Waals surface area contributed by atoms with Gasteiger partial charge >= 0.3 is 5.97 Å². The van der Waals surface area contributed by atoms with Crippen molar-refractivity contribution < 1.29 is 64.6 Å². The largest absolute Gasteiger partial charge is 0.481 e. The number of hydrogen-bond donors (Lipinski definition) is 8. The van der Waals surface area contributed by atoms with Crippen LogP contribution in [0.5, 0.6) is 0 Å². The van der Waals surface area contributed by atoms with Gasteiger partial charge in [0.15, 0.2) is 12.6 Å². The average Bonchev–Trinajstić information content (AvgIpc) is 3.12. The molecule has 2 heterocycles. The third-order valence-corrected chi connectivity index (χ3v) is 17.3. The maximum atomic E-state index is 13.1. The summed E-state index contributed by atoms with van der Waals surface area (Å²) in [5, 5.41) is 84.1. The van der Waals surface area contributed by atoms with E-state index in [2.05, 4.69) is 54.5 Å². The number of allylic oxidation sites excluding steroid dienone is 2. The van der Waals surface area contributed by atoms with Crippen molar-refractivity contribution in [3.05, 3.63) is 11.6 Å².